The summed E-state index contributed by atoms with van der Waals surface area (Å²) in [4.78, 5) is 24.8. The van der Waals surface area contributed by atoms with E-state index >= 15 is 0 Å². The molecule has 29 heavy (non-hydrogen) atoms. The molecular formula is C24H23BrN2O2. The molecule has 4 nitrogen and oxygen atoms in total. The van der Waals surface area contributed by atoms with Crippen molar-refractivity contribution in [2.75, 3.05) is 5.32 Å². The molecule has 3 aromatic carbocycles. The number of aryl methyl sites for hydroxylation is 1. The Balaban J connectivity index is 1.52. The lowest BCUT2D eigenvalue weighted by Gasteiger charge is -2.14. The van der Waals surface area contributed by atoms with E-state index in [1.165, 1.54) is 5.56 Å². The van der Waals surface area contributed by atoms with Crippen LogP contribution in [-0.2, 0) is 6.42 Å². The lowest BCUT2D eigenvalue weighted by atomic mass is 10.1. The molecule has 0 saturated carbocycles. The van der Waals surface area contributed by atoms with Gasteiger partial charge in [0.05, 0.1) is 0 Å². The molecule has 1 atom stereocenters. The Hall–Kier alpha value is -2.92. The van der Waals surface area contributed by atoms with Crippen molar-refractivity contribution in [2.24, 2.45) is 0 Å². The van der Waals surface area contributed by atoms with E-state index in [2.05, 4.69) is 38.7 Å². The van der Waals surface area contributed by atoms with Gasteiger partial charge in [-0.2, -0.15) is 0 Å². The summed E-state index contributed by atoms with van der Waals surface area (Å²) in [5.74, 6) is -0.312. The smallest absolute Gasteiger partial charge is 0.255 e. The Morgan fingerprint density at radius 1 is 0.862 bits per heavy atom. The molecule has 0 aliphatic heterocycles. The summed E-state index contributed by atoms with van der Waals surface area (Å²) in [6, 6.07) is 24.4. The Labute approximate surface area is 179 Å². The molecule has 5 heteroatoms. The van der Waals surface area contributed by atoms with Crippen LogP contribution in [0, 0.1) is 0 Å². The number of rotatable bonds is 7. The molecule has 2 N–H and O–H groups in total. The Bertz CT molecular complexity index is 972. The number of amides is 2. The Kier molecular flexibility index (Phi) is 7.19. The lowest BCUT2D eigenvalue weighted by Crippen LogP contribution is -2.32. The van der Waals surface area contributed by atoms with Crippen molar-refractivity contribution in [2.45, 2.75) is 25.8 Å². The van der Waals surface area contributed by atoms with Crippen LogP contribution in [0.25, 0.3) is 0 Å². The highest BCUT2D eigenvalue weighted by atomic mass is 79.9. The minimum atomic E-state index is -0.196. The molecule has 0 radical (unpaired) electrons. The highest BCUT2D eigenvalue weighted by molar-refractivity contribution is 9.10. The maximum absolute atomic E-state index is 12.5. The van der Waals surface area contributed by atoms with E-state index in [0.29, 0.717) is 16.8 Å². The highest BCUT2D eigenvalue weighted by Crippen LogP contribution is 2.15. The molecule has 148 valence electrons. The van der Waals surface area contributed by atoms with Gasteiger partial charge in [0, 0.05) is 27.3 Å². The van der Waals surface area contributed by atoms with Gasteiger partial charge in [0.1, 0.15) is 0 Å². The van der Waals surface area contributed by atoms with Gasteiger partial charge in [-0.3, -0.25) is 9.59 Å². The molecule has 0 fully saturated rings. The summed E-state index contributed by atoms with van der Waals surface area (Å²) in [5.41, 5.74) is 3.04. The van der Waals surface area contributed by atoms with Crippen LogP contribution in [0.3, 0.4) is 0 Å². The molecule has 0 aliphatic carbocycles. The van der Waals surface area contributed by atoms with E-state index in [9.17, 15) is 9.59 Å². The van der Waals surface area contributed by atoms with Crippen molar-refractivity contribution >= 4 is 33.4 Å². The first-order chi connectivity index (χ1) is 14.0. The third kappa shape index (κ3) is 6.29. The van der Waals surface area contributed by atoms with Crippen molar-refractivity contribution in [3.63, 3.8) is 0 Å². The predicted octanol–water partition coefficient (Wildman–Crippen LogP) is 5.45. The van der Waals surface area contributed by atoms with E-state index in [-0.39, 0.29) is 17.9 Å². The van der Waals surface area contributed by atoms with Crippen LogP contribution in [0.4, 0.5) is 5.69 Å². The summed E-state index contributed by atoms with van der Waals surface area (Å²) in [7, 11) is 0. The molecule has 2 amide bonds. The number of carbonyl (C=O) groups is 2. The van der Waals surface area contributed by atoms with Crippen molar-refractivity contribution in [3.8, 4) is 0 Å². The van der Waals surface area contributed by atoms with Crippen LogP contribution in [-0.4, -0.2) is 17.9 Å². The molecule has 0 unspecified atom stereocenters. The van der Waals surface area contributed by atoms with Gasteiger partial charge in [-0.1, -0.05) is 52.3 Å². The Morgan fingerprint density at radius 3 is 2.28 bits per heavy atom. The van der Waals surface area contributed by atoms with Gasteiger partial charge in [0.15, 0.2) is 0 Å². The average molecular weight is 451 g/mol. The fourth-order valence-electron chi connectivity index (χ4n) is 2.95. The third-order valence-corrected chi connectivity index (χ3v) is 5.07. The standard InChI is InChI=1S/C24H23BrN2O2/c1-17(10-11-18-6-3-2-4-7-18)26-23(28)19-12-14-22(15-13-19)27-24(29)20-8-5-9-21(25)16-20/h2-9,12-17H,10-11H2,1H3,(H,26,28)(H,27,29)/t17-/m1/s1. The lowest BCUT2D eigenvalue weighted by molar-refractivity contribution is 0.0938. The van der Waals surface area contributed by atoms with Crippen LogP contribution in [0.5, 0.6) is 0 Å². The molecule has 0 saturated heterocycles. The number of halogens is 1. The molecule has 0 heterocycles. The fraction of sp³-hybridized carbons (Fsp3) is 0.167. The van der Waals surface area contributed by atoms with Crippen molar-refractivity contribution in [3.05, 3.63) is 100 Å². The zero-order valence-corrected chi connectivity index (χ0v) is 17.8. The monoisotopic (exact) mass is 450 g/mol. The number of nitrogens with one attached hydrogen (secondary N) is 2. The number of benzene rings is 3. The molecule has 0 aromatic heterocycles. The first-order valence-corrected chi connectivity index (χ1v) is 10.3. The summed E-state index contributed by atoms with van der Waals surface area (Å²) in [5, 5.41) is 5.87. The quantitative estimate of drug-likeness (QED) is 0.502. The second kappa shape index (κ2) is 10.0. The van der Waals surface area contributed by atoms with Gasteiger partial charge >= 0.3 is 0 Å². The third-order valence-electron chi connectivity index (χ3n) is 4.58. The SMILES string of the molecule is C[C@H](CCc1ccccc1)NC(=O)c1ccc(NC(=O)c2cccc(Br)c2)cc1. The van der Waals surface area contributed by atoms with Crippen LogP contribution in [0.1, 0.15) is 39.6 Å². The second-order valence-corrected chi connectivity index (χ2v) is 7.86. The van der Waals surface area contributed by atoms with Crippen molar-refractivity contribution in [1.29, 1.82) is 0 Å². The Morgan fingerprint density at radius 2 is 1.59 bits per heavy atom. The zero-order valence-electron chi connectivity index (χ0n) is 16.2. The van der Waals surface area contributed by atoms with Crippen molar-refractivity contribution in [1.82, 2.24) is 5.32 Å². The van der Waals surface area contributed by atoms with Crippen molar-refractivity contribution < 1.29 is 9.59 Å². The van der Waals surface area contributed by atoms with E-state index in [4.69, 9.17) is 0 Å². The maximum atomic E-state index is 12.5. The van der Waals surface area contributed by atoms with E-state index in [0.717, 1.165) is 17.3 Å². The summed E-state index contributed by atoms with van der Waals surface area (Å²) < 4.78 is 0.846. The predicted molar refractivity (Wildman–Crippen MR) is 120 cm³/mol. The van der Waals surface area contributed by atoms with Gasteiger partial charge in [0.25, 0.3) is 11.8 Å². The van der Waals surface area contributed by atoms with Gasteiger partial charge in [-0.15, -0.1) is 0 Å². The van der Waals surface area contributed by atoms with Crippen LogP contribution < -0.4 is 10.6 Å². The number of hydrogen-bond donors (Lipinski definition) is 2. The largest absolute Gasteiger partial charge is 0.350 e. The fourth-order valence-corrected chi connectivity index (χ4v) is 3.34. The van der Waals surface area contributed by atoms with Gasteiger partial charge < -0.3 is 10.6 Å². The molecule has 0 aliphatic rings. The number of anilines is 1. The molecule has 3 aromatic rings. The van der Waals surface area contributed by atoms with E-state index in [1.807, 2.05) is 37.3 Å². The minimum Gasteiger partial charge on any atom is -0.350 e. The van der Waals surface area contributed by atoms with Crippen LogP contribution >= 0.6 is 15.9 Å². The van der Waals surface area contributed by atoms with Crippen LogP contribution in [0.2, 0.25) is 0 Å². The first kappa shape index (κ1) is 20.8. The topological polar surface area (TPSA) is 58.2 Å². The molecule has 3 rings (SSSR count). The molecular weight excluding hydrogens is 428 g/mol. The first-order valence-electron chi connectivity index (χ1n) is 9.53. The molecule has 0 spiro atoms. The summed E-state index contributed by atoms with van der Waals surface area (Å²) >= 11 is 3.36. The second-order valence-electron chi connectivity index (χ2n) is 6.94. The summed E-state index contributed by atoms with van der Waals surface area (Å²) in [6.45, 7) is 2.01. The van der Waals surface area contributed by atoms with Gasteiger partial charge in [-0.25, -0.2) is 0 Å². The van der Waals surface area contributed by atoms with Gasteiger partial charge in [-0.05, 0) is 67.8 Å². The highest BCUT2D eigenvalue weighted by Gasteiger charge is 2.11. The van der Waals surface area contributed by atoms with E-state index in [1.54, 1.807) is 36.4 Å². The number of hydrogen-bond acceptors (Lipinski definition) is 2. The number of carbonyl (C=O) groups excluding carboxylic acids is 2. The van der Waals surface area contributed by atoms with Crippen LogP contribution in [0.15, 0.2) is 83.3 Å². The average Bonchev–Trinajstić information content (AvgIpc) is 2.73. The normalized spacial score (nSPS) is 11.5. The minimum absolute atomic E-state index is 0.0682. The maximum Gasteiger partial charge on any atom is 0.255 e. The van der Waals surface area contributed by atoms with E-state index < -0.39 is 0 Å². The zero-order chi connectivity index (χ0) is 20.6. The summed E-state index contributed by atoms with van der Waals surface area (Å²) in [6.07, 6.45) is 1.79. The van der Waals surface area contributed by atoms with Gasteiger partial charge in [0.2, 0.25) is 0 Å². The molecule has 0 bridgehead atoms.